The van der Waals surface area contributed by atoms with Crippen LogP contribution in [0.4, 0.5) is 0 Å². The van der Waals surface area contributed by atoms with Gasteiger partial charge in [-0.25, -0.2) is 0 Å². The molecule has 3 fully saturated rings. The predicted molar refractivity (Wildman–Crippen MR) is 76.8 cm³/mol. The molecule has 2 heteroatoms. The van der Waals surface area contributed by atoms with Gasteiger partial charge in [-0.15, -0.1) is 0 Å². The Kier molecular flexibility index (Phi) is 3.44. The zero-order valence-electron chi connectivity index (χ0n) is 12.3. The quantitative estimate of drug-likeness (QED) is 0.807. The zero-order valence-corrected chi connectivity index (χ0v) is 12.3. The van der Waals surface area contributed by atoms with Gasteiger partial charge in [0.25, 0.3) is 0 Å². The lowest BCUT2D eigenvalue weighted by Gasteiger charge is -2.34. The lowest BCUT2D eigenvalue weighted by Crippen LogP contribution is -2.42. The molecule has 0 spiro atoms. The van der Waals surface area contributed by atoms with E-state index in [1.54, 1.807) is 0 Å². The second-order valence-electron chi connectivity index (χ2n) is 7.99. The van der Waals surface area contributed by atoms with Crippen molar-refractivity contribution in [2.45, 2.75) is 64.8 Å². The van der Waals surface area contributed by atoms with Crippen molar-refractivity contribution in [1.82, 2.24) is 10.2 Å². The minimum absolute atomic E-state index is 0.559. The van der Waals surface area contributed by atoms with Gasteiger partial charge in [-0.1, -0.05) is 26.7 Å². The van der Waals surface area contributed by atoms with E-state index in [9.17, 15) is 0 Å². The maximum Gasteiger partial charge on any atom is 0.00684 e. The van der Waals surface area contributed by atoms with Crippen LogP contribution in [0, 0.1) is 10.8 Å². The third-order valence-corrected chi connectivity index (χ3v) is 5.32. The molecule has 0 bridgehead atoms. The van der Waals surface area contributed by atoms with Crippen molar-refractivity contribution in [3.8, 4) is 0 Å². The van der Waals surface area contributed by atoms with E-state index in [0.29, 0.717) is 10.8 Å². The van der Waals surface area contributed by atoms with Crippen LogP contribution in [0.1, 0.15) is 58.8 Å². The van der Waals surface area contributed by atoms with E-state index in [0.717, 1.165) is 6.04 Å². The van der Waals surface area contributed by atoms with Crippen LogP contribution in [-0.4, -0.2) is 37.1 Å². The number of nitrogens with one attached hydrogen (secondary N) is 1. The SMILES string of the molecule is CC1(C)CCN(CC2(CNC3CC3)CCCC2)C1. The number of nitrogens with zero attached hydrogens (tertiary/aromatic N) is 1. The first kappa shape index (κ1) is 12.9. The van der Waals surface area contributed by atoms with E-state index in [1.165, 1.54) is 71.1 Å². The molecule has 0 aromatic rings. The minimum atomic E-state index is 0.559. The van der Waals surface area contributed by atoms with Crippen LogP contribution in [0.25, 0.3) is 0 Å². The molecule has 0 amide bonds. The predicted octanol–water partition coefficient (Wildman–Crippen LogP) is 3.03. The second-order valence-corrected chi connectivity index (χ2v) is 7.99. The Morgan fingerprint density at radius 3 is 2.39 bits per heavy atom. The Balaban J connectivity index is 1.55. The molecule has 2 saturated carbocycles. The van der Waals surface area contributed by atoms with Crippen molar-refractivity contribution in [1.29, 1.82) is 0 Å². The topological polar surface area (TPSA) is 15.3 Å². The van der Waals surface area contributed by atoms with Crippen molar-refractivity contribution in [3.63, 3.8) is 0 Å². The zero-order chi connectivity index (χ0) is 12.6. The molecule has 1 aliphatic heterocycles. The maximum absolute atomic E-state index is 3.81. The van der Waals surface area contributed by atoms with E-state index in [4.69, 9.17) is 0 Å². The first-order chi connectivity index (χ1) is 8.57. The van der Waals surface area contributed by atoms with Crippen molar-refractivity contribution in [2.75, 3.05) is 26.2 Å². The van der Waals surface area contributed by atoms with Gasteiger partial charge in [-0.05, 0) is 49.5 Å². The van der Waals surface area contributed by atoms with Crippen molar-refractivity contribution in [2.24, 2.45) is 10.8 Å². The molecule has 18 heavy (non-hydrogen) atoms. The van der Waals surface area contributed by atoms with Gasteiger partial charge in [0.05, 0.1) is 0 Å². The molecule has 1 saturated heterocycles. The van der Waals surface area contributed by atoms with E-state index in [2.05, 4.69) is 24.1 Å². The first-order valence-corrected chi connectivity index (χ1v) is 8.03. The van der Waals surface area contributed by atoms with Gasteiger partial charge in [-0.2, -0.15) is 0 Å². The summed E-state index contributed by atoms with van der Waals surface area (Å²) in [4.78, 5) is 2.75. The van der Waals surface area contributed by atoms with Crippen LogP contribution in [0.5, 0.6) is 0 Å². The molecule has 0 unspecified atom stereocenters. The van der Waals surface area contributed by atoms with E-state index >= 15 is 0 Å². The molecule has 0 aromatic carbocycles. The largest absolute Gasteiger partial charge is 0.313 e. The van der Waals surface area contributed by atoms with Crippen molar-refractivity contribution in [3.05, 3.63) is 0 Å². The standard InChI is InChI=1S/C16H30N2/c1-15(2)9-10-18(12-15)13-16(7-3-4-8-16)11-17-14-5-6-14/h14,17H,3-13H2,1-2H3. The van der Waals surface area contributed by atoms with Gasteiger partial charge < -0.3 is 10.2 Å². The van der Waals surface area contributed by atoms with Crippen LogP contribution in [-0.2, 0) is 0 Å². The summed E-state index contributed by atoms with van der Waals surface area (Å²) in [5.41, 5.74) is 1.17. The van der Waals surface area contributed by atoms with E-state index in [1.807, 2.05) is 0 Å². The molecule has 3 aliphatic rings. The number of hydrogen-bond donors (Lipinski definition) is 1. The lowest BCUT2D eigenvalue weighted by molar-refractivity contribution is 0.161. The highest BCUT2D eigenvalue weighted by Gasteiger charge is 2.39. The Bertz CT molecular complexity index is 287. The van der Waals surface area contributed by atoms with E-state index in [-0.39, 0.29) is 0 Å². The van der Waals surface area contributed by atoms with Crippen LogP contribution < -0.4 is 5.32 Å². The van der Waals surface area contributed by atoms with Gasteiger partial charge in [-0.3, -0.25) is 0 Å². The molecule has 0 atom stereocenters. The molecule has 0 aromatic heterocycles. The Labute approximate surface area is 113 Å². The molecule has 0 radical (unpaired) electrons. The fourth-order valence-electron chi connectivity index (χ4n) is 4.00. The van der Waals surface area contributed by atoms with Crippen LogP contribution in [0.2, 0.25) is 0 Å². The first-order valence-electron chi connectivity index (χ1n) is 8.03. The lowest BCUT2D eigenvalue weighted by atomic mass is 9.85. The number of likely N-dealkylation sites (tertiary alicyclic amines) is 1. The fraction of sp³-hybridized carbons (Fsp3) is 1.00. The molecular weight excluding hydrogens is 220 g/mol. The smallest absolute Gasteiger partial charge is 0.00684 e. The highest BCUT2D eigenvalue weighted by atomic mass is 15.2. The average molecular weight is 250 g/mol. The van der Waals surface area contributed by atoms with Crippen molar-refractivity contribution >= 4 is 0 Å². The molecule has 2 aliphatic carbocycles. The highest BCUT2D eigenvalue weighted by molar-refractivity contribution is 4.94. The Morgan fingerprint density at radius 2 is 1.83 bits per heavy atom. The summed E-state index contributed by atoms with van der Waals surface area (Å²) in [7, 11) is 0. The molecule has 1 N–H and O–H groups in total. The summed E-state index contributed by atoms with van der Waals surface area (Å²) < 4.78 is 0. The molecule has 1 heterocycles. The molecule has 2 nitrogen and oxygen atoms in total. The average Bonchev–Trinajstić information content (AvgIpc) is 2.94. The van der Waals surface area contributed by atoms with Crippen LogP contribution >= 0.6 is 0 Å². The summed E-state index contributed by atoms with van der Waals surface area (Å²) in [5.74, 6) is 0. The maximum atomic E-state index is 3.81. The van der Waals surface area contributed by atoms with Crippen LogP contribution in [0.3, 0.4) is 0 Å². The molecular formula is C16H30N2. The number of rotatable bonds is 5. The minimum Gasteiger partial charge on any atom is -0.313 e. The van der Waals surface area contributed by atoms with Crippen LogP contribution in [0.15, 0.2) is 0 Å². The summed E-state index contributed by atoms with van der Waals surface area (Å²) in [6, 6.07) is 0.873. The Morgan fingerprint density at radius 1 is 1.11 bits per heavy atom. The van der Waals surface area contributed by atoms with Gasteiger partial charge >= 0.3 is 0 Å². The second kappa shape index (κ2) is 4.79. The highest BCUT2D eigenvalue weighted by Crippen LogP contribution is 2.41. The summed E-state index contributed by atoms with van der Waals surface area (Å²) in [6.45, 7) is 10.1. The molecule has 104 valence electrons. The third-order valence-electron chi connectivity index (χ3n) is 5.32. The van der Waals surface area contributed by atoms with Gasteiger partial charge in [0.2, 0.25) is 0 Å². The Hall–Kier alpha value is -0.0800. The van der Waals surface area contributed by atoms with Crippen molar-refractivity contribution < 1.29 is 0 Å². The van der Waals surface area contributed by atoms with Gasteiger partial charge in [0, 0.05) is 25.7 Å². The summed E-state index contributed by atoms with van der Waals surface area (Å²) in [5, 5.41) is 3.81. The number of hydrogen-bond acceptors (Lipinski definition) is 2. The van der Waals surface area contributed by atoms with Gasteiger partial charge in [0.15, 0.2) is 0 Å². The monoisotopic (exact) mass is 250 g/mol. The summed E-state index contributed by atoms with van der Waals surface area (Å²) >= 11 is 0. The van der Waals surface area contributed by atoms with Gasteiger partial charge in [0.1, 0.15) is 0 Å². The normalized spacial score (nSPS) is 31.0. The van der Waals surface area contributed by atoms with E-state index < -0.39 is 0 Å². The molecule has 3 rings (SSSR count). The summed E-state index contributed by atoms with van der Waals surface area (Å²) in [6.07, 6.45) is 10.1. The third kappa shape index (κ3) is 3.08. The fourth-order valence-corrected chi connectivity index (χ4v) is 4.00.